The first-order chi connectivity index (χ1) is 18.8. The van der Waals surface area contributed by atoms with Gasteiger partial charge in [0.05, 0.1) is 16.8 Å². The van der Waals surface area contributed by atoms with Crippen LogP contribution >= 0.6 is 0 Å². The van der Waals surface area contributed by atoms with E-state index in [9.17, 15) is 13.2 Å². The van der Waals surface area contributed by atoms with Crippen LogP contribution in [0, 0.1) is 6.92 Å². The third kappa shape index (κ3) is 5.12. The van der Waals surface area contributed by atoms with Gasteiger partial charge < -0.3 is 10.2 Å². The van der Waals surface area contributed by atoms with Gasteiger partial charge in [0, 0.05) is 47.7 Å². The number of pyridine rings is 2. The molecule has 5 aromatic rings. The second-order valence-electron chi connectivity index (χ2n) is 9.60. The Hall–Kier alpha value is -4.53. The number of benzene rings is 2. The molecule has 0 spiro atoms. The van der Waals surface area contributed by atoms with Crippen LogP contribution in [-0.2, 0) is 6.18 Å². The number of alkyl halides is 3. The van der Waals surface area contributed by atoms with Crippen LogP contribution in [0.2, 0.25) is 0 Å². The SMILES string of the molecule is Cc1cccnc1-c1ccc2c(Nc3ccc(C(F)(F)F)cc3)nc(-c3ccc(N4CCCC4)nc3)nc2c1. The molecule has 0 aliphatic carbocycles. The molecule has 0 unspecified atom stereocenters. The van der Waals surface area contributed by atoms with Crippen molar-refractivity contribution < 1.29 is 13.2 Å². The highest BCUT2D eigenvalue weighted by Gasteiger charge is 2.30. The summed E-state index contributed by atoms with van der Waals surface area (Å²) in [6, 6.07) is 18.5. The van der Waals surface area contributed by atoms with Crippen molar-refractivity contribution in [2.75, 3.05) is 23.3 Å². The number of rotatable bonds is 5. The lowest BCUT2D eigenvalue weighted by molar-refractivity contribution is -0.137. The van der Waals surface area contributed by atoms with E-state index in [4.69, 9.17) is 9.97 Å². The molecule has 0 atom stereocenters. The van der Waals surface area contributed by atoms with Gasteiger partial charge in [-0.2, -0.15) is 13.2 Å². The zero-order valence-corrected chi connectivity index (χ0v) is 21.2. The van der Waals surface area contributed by atoms with E-state index in [1.807, 2.05) is 49.4 Å². The Morgan fingerprint density at radius 3 is 2.31 bits per heavy atom. The number of aromatic nitrogens is 4. The first kappa shape index (κ1) is 24.8. The summed E-state index contributed by atoms with van der Waals surface area (Å²) in [5.41, 5.74) is 4.01. The third-order valence-electron chi connectivity index (χ3n) is 6.89. The maximum absolute atomic E-state index is 13.1. The largest absolute Gasteiger partial charge is 0.416 e. The van der Waals surface area contributed by atoms with Gasteiger partial charge in [-0.1, -0.05) is 12.1 Å². The normalized spacial score (nSPS) is 13.7. The Morgan fingerprint density at radius 2 is 1.62 bits per heavy atom. The maximum Gasteiger partial charge on any atom is 0.416 e. The van der Waals surface area contributed by atoms with E-state index in [0.717, 1.165) is 71.7 Å². The molecule has 2 aromatic carbocycles. The van der Waals surface area contributed by atoms with Crippen molar-refractivity contribution in [3.8, 4) is 22.6 Å². The lowest BCUT2D eigenvalue weighted by Gasteiger charge is -2.16. The van der Waals surface area contributed by atoms with E-state index in [1.54, 1.807) is 12.4 Å². The number of hydrogen-bond acceptors (Lipinski definition) is 6. The second kappa shape index (κ2) is 9.98. The van der Waals surface area contributed by atoms with Gasteiger partial charge >= 0.3 is 6.18 Å². The second-order valence-corrected chi connectivity index (χ2v) is 9.60. The average molecular weight is 527 g/mol. The lowest BCUT2D eigenvalue weighted by Crippen LogP contribution is -2.18. The van der Waals surface area contributed by atoms with Crippen molar-refractivity contribution >= 4 is 28.2 Å². The Kier molecular flexibility index (Phi) is 6.34. The predicted octanol–water partition coefficient (Wildman–Crippen LogP) is 7.42. The quantitative estimate of drug-likeness (QED) is 0.257. The van der Waals surface area contributed by atoms with Crippen LogP contribution in [0.5, 0.6) is 0 Å². The number of nitrogens with zero attached hydrogens (tertiary/aromatic N) is 5. The van der Waals surface area contributed by atoms with Crippen molar-refractivity contribution in [3.63, 3.8) is 0 Å². The van der Waals surface area contributed by atoms with Gasteiger partial charge in [0.25, 0.3) is 0 Å². The van der Waals surface area contributed by atoms with Crippen LogP contribution in [0.25, 0.3) is 33.5 Å². The number of anilines is 3. The molecule has 6 rings (SSSR count). The average Bonchev–Trinajstić information content (AvgIpc) is 3.48. The molecule has 6 nitrogen and oxygen atoms in total. The Balaban J connectivity index is 1.43. The van der Waals surface area contributed by atoms with Crippen LogP contribution in [0.15, 0.2) is 79.1 Å². The van der Waals surface area contributed by atoms with E-state index in [1.165, 1.54) is 12.1 Å². The van der Waals surface area contributed by atoms with E-state index >= 15 is 0 Å². The van der Waals surface area contributed by atoms with Crippen LogP contribution < -0.4 is 10.2 Å². The van der Waals surface area contributed by atoms with E-state index in [0.29, 0.717) is 22.8 Å². The van der Waals surface area contributed by atoms with E-state index < -0.39 is 11.7 Å². The minimum absolute atomic E-state index is 0.465. The Labute approximate surface area is 223 Å². The molecule has 1 aliphatic rings. The fourth-order valence-corrected chi connectivity index (χ4v) is 4.82. The molecule has 1 N–H and O–H groups in total. The number of nitrogens with one attached hydrogen (secondary N) is 1. The van der Waals surface area contributed by atoms with Crippen molar-refractivity contribution in [3.05, 3.63) is 90.3 Å². The minimum Gasteiger partial charge on any atom is -0.357 e. The summed E-state index contributed by atoms with van der Waals surface area (Å²) in [5, 5.41) is 3.93. The molecule has 0 radical (unpaired) electrons. The maximum atomic E-state index is 13.1. The molecule has 0 bridgehead atoms. The summed E-state index contributed by atoms with van der Waals surface area (Å²) in [6.07, 6.45) is 1.44. The molecule has 3 aromatic heterocycles. The molecule has 196 valence electrons. The number of fused-ring (bicyclic) bond motifs is 1. The van der Waals surface area contributed by atoms with E-state index in [2.05, 4.69) is 20.2 Å². The monoisotopic (exact) mass is 526 g/mol. The first-order valence-electron chi connectivity index (χ1n) is 12.7. The van der Waals surface area contributed by atoms with Gasteiger partial charge in [-0.3, -0.25) is 4.98 Å². The van der Waals surface area contributed by atoms with Gasteiger partial charge in [-0.25, -0.2) is 15.0 Å². The smallest absolute Gasteiger partial charge is 0.357 e. The standard InChI is InChI=1S/C30H25F3N6/c1-19-5-4-14-34-27(19)20-6-12-24-25(17-20)37-28(21-7-13-26(35-18-21)39-15-2-3-16-39)38-29(24)36-23-10-8-22(9-11-23)30(31,32)33/h4-14,17-18H,2-3,15-16H2,1H3,(H,36,37,38). The molecule has 4 heterocycles. The number of aryl methyl sites for hydroxylation is 1. The fraction of sp³-hybridized carbons (Fsp3) is 0.200. The first-order valence-corrected chi connectivity index (χ1v) is 12.7. The van der Waals surface area contributed by atoms with Gasteiger partial charge in [0.15, 0.2) is 5.82 Å². The predicted molar refractivity (Wildman–Crippen MR) is 147 cm³/mol. The van der Waals surface area contributed by atoms with E-state index in [-0.39, 0.29) is 0 Å². The summed E-state index contributed by atoms with van der Waals surface area (Å²) >= 11 is 0. The number of halogens is 3. The summed E-state index contributed by atoms with van der Waals surface area (Å²) in [4.78, 5) is 21.1. The molecule has 1 fully saturated rings. The van der Waals surface area contributed by atoms with Crippen LogP contribution in [-0.4, -0.2) is 33.0 Å². The van der Waals surface area contributed by atoms with Gasteiger partial charge in [-0.15, -0.1) is 0 Å². The lowest BCUT2D eigenvalue weighted by atomic mass is 10.0. The van der Waals surface area contributed by atoms with Crippen LogP contribution in [0.3, 0.4) is 0 Å². The van der Waals surface area contributed by atoms with Crippen molar-refractivity contribution in [2.24, 2.45) is 0 Å². The van der Waals surface area contributed by atoms with Gasteiger partial charge in [-0.05, 0) is 79.9 Å². The highest BCUT2D eigenvalue weighted by atomic mass is 19.4. The zero-order chi connectivity index (χ0) is 27.0. The van der Waals surface area contributed by atoms with Crippen LogP contribution in [0.4, 0.5) is 30.5 Å². The highest BCUT2D eigenvalue weighted by molar-refractivity contribution is 5.94. The topological polar surface area (TPSA) is 66.8 Å². The minimum atomic E-state index is -4.40. The summed E-state index contributed by atoms with van der Waals surface area (Å²) in [6.45, 7) is 3.99. The molecule has 39 heavy (non-hydrogen) atoms. The molecule has 0 saturated carbocycles. The van der Waals surface area contributed by atoms with Crippen LogP contribution in [0.1, 0.15) is 24.0 Å². The zero-order valence-electron chi connectivity index (χ0n) is 21.2. The summed E-state index contributed by atoms with van der Waals surface area (Å²) in [7, 11) is 0. The summed E-state index contributed by atoms with van der Waals surface area (Å²) < 4.78 is 39.2. The molecular weight excluding hydrogens is 501 g/mol. The summed E-state index contributed by atoms with van der Waals surface area (Å²) in [5.74, 6) is 1.88. The fourth-order valence-electron chi connectivity index (χ4n) is 4.82. The number of hydrogen-bond donors (Lipinski definition) is 1. The third-order valence-corrected chi connectivity index (χ3v) is 6.89. The molecule has 1 saturated heterocycles. The molecule has 9 heteroatoms. The molecule has 1 aliphatic heterocycles. The van der Waals surface area contributed by atoms with Gasteiger partial charge in [0.1, 0.15) is 11.6 Å². The van der Waals surface area contributed by atoms with Gasteiger partial charge in [0.2, 0.25) is 0 Å². The Morgan fingerprint density at radius 1 is 0.846 bits per heavy atom. The van der Waals surface area contributed by atoms with Crippen molar-refractivity contribution in [1.29, 1.82) is 0 Å². The van der Waals surface area contributed by atoms with Crippen molar-refractivity contribution in [1.82, 2.24) is 19.9 Å². The molecule has 0 amide bonds. The Bertz CT molecular complexity index is 1630. The van der Waals surface area contributed by atoms with Crippen molar-refractivity contribution in [2.45, 2.75) is 25.9 Å². The molecular formula is C30H25F3N6. The highest BCUT2D eigenvalue weighted by Crippen LogP contribution is 2.33.